The van der Waals surface area contributed by atoms with Gasteiger partial charge < -0.3 is 5.32 Å². The molecule has 15 heavy (non-hydrogen) atoms. The monoisotopic (exact) mass is 203 g/mol. The van der Waals surface area contributed by atoms with Gasteiger partial charge >= 0.3 is 0 Å². The van der Waals surface area contributed by atoms with Crippen LogP contribution in [0.5, 0.6) is 0 Å². The zero-order valence-corrected chi connectivity index (χ0v) is 10.0. The third kappa shape index (κ3) is 3.21. The van der Waals surface area contributed by atoms with Crippen molar-refractivity contribution < 1.29 is 0 Å². The number of hydrogen-bond acceptors (Lipinski definition) is 1. The van der Waals surface area contributed by atoms with Gasteiger partial charge in [-0.1, -0.05) is 31.2 Å². The molecule has 1 aromatic rings. The normalized spacial score (nSPS) is 12.5. The van der Waals surface area contributed by atoms with E-state index in [2.05, 4.69) is 50.9 Å². The van der Waals surface area contributed by atoms with E-state index < -0.39 is 0 Å². The molecule has 1 atom stereocenters. The SMILES string of the molecule is C=CCC(NCC)c1ccc(C)c(C)c1. The van der Waals surface area contributed by atoms with Crippen molar-refractivity contribution >= 4 is 0 Å². The van der Waals surface area contributed by atoms with Gasteiger partial charge in [-0.3, -0.25) is 0 Å². The number of nitrogens with one attached hydrogen (secondary N) is 1. The molecule has 0 aliphatic carbocycles. The van der Waals surface area contributed by atoms with Crippen LogP contribution in [-0.4, -0.2) is 6.54 Å². The van der Waals surface area contributed by atoms with Crippen molar-refractivity contribution in [2.45, 2.75) is 33.2 Å². The van der Waals surface area contributed by atoms with Gasteiger partial charge in [0.25, 0.3) is 0 Å². The smallest absolute Gasteiger partial charge is 0.0354 e. The van der Waals surface area contributed by atoms with Crippen LogP contribution in [0.3, 0.4) is 0 Å². The van der Waals surface area contributed by atoms with Crippen LogP contribution in [0.4, 0.5) is 0 Å². The second-order valence-corrected chi connectivity index (χ2v) is 3.98. The van der Waals surface area contributed by atoms with Gasteiger partial charge in [-0.15, -0.1) is 6.58 Å². The summed E-state index contributed by atoms with van der Waals surface area (Å²) in [7, 11) is 0. The molecule has 1 aromatic carbocycles. The molecule has 0 aliphatic rings. The second-order valence-electron chi connectivity index (χ2n) is 3.98. The summed E-state index contributed by atoms with van der Waals surface area (Å²) < 4.78 is 0. The molecule has 1 unspecified atom stereocenters. The van der Waals surface area contributed by atoms with Gasteiger partial charge in [0.1, 0.15) is 0 Å². The Bertz CT molecular complexity index is 328. The summed E-state index contributed by atoms with van der Waals surface area (Å²) in [4.78, 5) is 0. The van der Waals surface area contributed by atoms with Gasteiger partial charge in [-0.05, 0) is 43.5 Å². The van der Waals surface area contributed by atoms with Crippen molar-refractivity contribution in [1.29, 1.82) is 0 Å². The zero-order valence-electron chi connectivity index (χ0n) is 10.0. The summed E-state index contributed by atoms with van der Waals surface area (Å²) >= 11 is 0. The molecular formula is C14H21N. The van der Waals surface area contributed by atoms with Crippen LogP contribution in [0.1, 0.15) is 36.1 Å². The second kappa shape index (κ2) is 5.72. The maximum absolute atomic E-state index is 3.81. The molecule has 0 fully saturated rings. The molecule has 0 aromatic heterocycles. The number of benzene rings is 1. The van der Waals surface area contributed by atoms with E-state index in [0.29, 0.717) is 6.04 Å². The van der Waals surface area contributed by atoms with E-state index in [0.717, 1.165) is 13.0 Å². The van der Waals surface area contributed by atoms with Crippen LogP contribution < -0.4 is 5.32 Å². The first-order valence-corrected chi connectivity index (χ1v) is 5.60. The molecule has 1 nitrogen and oxygen atoms in total. The molecular weight excluding hydrogens is 182 g/mol. The highest BCUT2D eigenvalue weighted by Crippen LogP contribution is 2.20. The predicted octanol–water partition coefficient (Wildman–Crippen LogP) is 3.53. The Labute approximate surface area is 93.2 Å². The molecule has 0 heterocycles. The lowest BCUT2D eigenvalue weighted by molar-refractivity contribution is 0.558. The standard InChI is InChI=1S/C14H21N/c1-5-7-14(15-6-2)13-9-8-11(3)12(4)10-13/h5,8-10,14-15H,1,6-7H2,2-4H3. The quantitative estimate of drug-likeness (QED) is 0.722. The van der Waals surface area contributed by atoms with E-state index >= 15 is 0 Å². The molecule has 0 amide bonds. The third-order valence-corrected chi connectivity index (χ3v) is 2.79. The molecule has 0 aliphatic heterocycles. The van der Waals surface area contributed by atoms with Crippen LogP contribution in [0.25, 0.3) is 0 Å². The lowest BCUT2D eigenvalue weighted by Crippen LogP contribution is -2.20. The molecule has 0 radical (unpaired) electrons. The Morgan fingerprint density at radius 2 is 2.07 bits per heavy atom. The number of rotatable bonds is 5. The summed E-state index contributed by atoms with van der Waals surface area (Å²) in [6.07, 6.45) is 2.96. The molecule has 82 valence electrons. The van der Waals surface area contributed by atoms with E-state index in [1.165, 1.54) is 16.7 Å². The zero-order chi connectivity index (χ0) is 11.3. The van der Waals surface area contributed by atoms with E-state index in [9.17, 15) is 0 Å². The third-order valence-electron chi connectivity index (χ3n) is 2.79. The summed E-state index contributed by atoms with van der Waals surface area (Å²) in [6.45, 7) is 11.2. The Morgan fingerprint density at radius 3 is 2.60 bits per heavy atom. The molecule has 1 heteroatoms. The minimum Gasteiger partial charge on any atom is -0.310 e. The Balaban J connectivity index is 2.89. The van der Waals surface area contributed by atoms with E-state index in [1.54, 1.807) is 0 Å². The minimum absolute atomic E-state index is 0.409. The largest absolute Gasteiger partial charge is 0.310 e. The van der Waals surface area contributed by atoms with Crippen LogP contribution in [-0.2, 0) is 0 Å². The van der Waals surface area contributed by atoms with Crippen molar-refractivity contribution in [3.8, 4) is 0 Å². The number of hydrogen-bond donors (Lipinski definition) is 1. The van der Waals surface area contributed by atoms with Crippen molar-refractivity contribution in [2.24, 2.45) is 0 Å². The Kier molecular flexibility index (Phi) is 4.57. The van der Waals surface area contributed by atoms with Crippen LogP contribution in [0, 0.1) is 13.8 Å². The maximum atomic E-state index is 3.81. The fraction of sp³-hybridized carbons (Fsp3) is 0.429. The summed E-state index contributed by atoms with van der Waals surface area (Å²) in [6, 6.07) is 7.08. The van der Waals surface area contributed by atoms with Gasteiger partial charge in [-0.2, -0.15) is 0 Å². The van der Waals surface area contributed by atoms with Crippen molar-refractivity contribution in [1.82, 2.24) is 5.32 Å². The fourth-order valence-electron chi connectivity index (χ4n) is 1.73. The van der Waals surface area contributed by atoms with Crippen LogP contribution in [0.15, 0.2) is 30.9 Å². The van der Waals surface area contributed by atoms with Crippen molar-refractivity contribution in [3.05, 3.63) is 47.5 Å². The average Bonchev–Trinajstić information content (AvgIpc) is 2.22. The predicted molar refractivity (Wildman–Crippen MR) is 67.1 cm³/mol. The Morgan fingerprint density at radius 1 is 1.33 bits per heavy atom. The summed E-state index contributed by atoms with van der Waals surface area (Å²) in [5, 5.41) is 3.48. The summed E-state index contributed by atoms with van der Waals surface area (Å²) in [5.74, 6) is 0. The van der Waals surface area contributed by atoms with Gasteiger partial charge in [0.05, 0.1) is 0 Å². The lowest BCUT2D eigenvalue weighted by Gasteiger charge is -2.17. The van der Waals surface area contributed by atoms with Crippen LogP contribution >= 0.6 is 0 Å². The highest BCUT2D eigenvalue weighted by atomic mass is 14.9. The highest BCUT2D eigenvalue weighted by Gasteiger charge is 2.08. The van der Waals surface area contributed by atoms with E-state index in [-0.39, 0.29) is 0 Å². The first kappa shape index (κ1) is 12.0. The lowest BCUT2D eigenvalue weighted by atomic mass is 9.99. The van der Waals surface area contributed by atoms with E-state index in [1.807, 2.05) is 6.08 Å². The minimum atomic E-state index is 0.409. The topological polar surface area (TPSA) is 12.0 Å². The van der Waals surface area contributed by atoms with Crippen molar-refractivity contribution in [2.75, 3.05) is 6.54 Å². The molecule has 1 N–H and O–H groups in total. The molecule has 0 bridgehead atoms. The fourth-order valence-corrected chi connectivity index (χ4v) is 1.73. The maximum Gasteiger partial charge on any atom is 0.0354 e. The van der Waals surface area contributed by atoms with Gasteiger partial charge in [0.15, 0.2) is 0 Å². The first-order chi connectivity index (χ1) is 7.19. The highest BCUT2D eigenvalue weighted by molar-refractivity contribution is 5.31. The molecule has 0 spiro atoms. The molecule has 0 saturated carbocycles. The summed E-state index contributed by atoms with van der Waals surface area (Å²) in [5.41, 5.74) is 4.08. The number of aryl methyl sites for hydroxylation is 2. The van der Waals surface area contributed by atoms with Crippen molar-refractivity contribution in [3.63, 3.8) is 0 Å². The molecule has 0 saturated heterocycles. The Hall–Kier alpha value is -1.08. The van der Waals surface area contributed by atoms with Crippen LogP contribution in [0.2, 0.25) is 0 Å². The average molecular weight is 203 g/mol. The van der Waals surface area contributed by atoms with E-state index in [4.69, 9.17) is 0 Å². The van der Waals surface area contributed by atoms with Gasteiger partial charge in [-0.25, -0.2) is 0 Å². The molecule has 1 rings (SSSR count). The first-order valence-electron chi connectivity index (χ1n) is 5.60. The van der Waals surface area contributed by atoms with Gasteiger partial charge in [0.2, 0.25) is 0 Å². The van der Waals surface area contributed by atoms with Gasteiger partial charge in [0, 0.05) is 6.04 Å².